The van der Waals surface area contributed by atoms with E-state index in [1.165, 1.54) is 18.2 Å². The molecule has 0 saturated carbocycles. The highest BCUT2D eigenvalue weighted by Crippen LogP contribution is 2.23. The van der Waals surface area contributed by atoms with Crippen LogP contribution >= 0.6 is 11.8 Å². The first-order valence-corrected chi connectivity index (χ1v) is 9.72. The van der Waals surface area contributed by atoms with Gasteiger partial charge in [-0.15, -0.1) is 11.8 Å². The van der Waals surface area contributed by atoms with E-state index in [4.69, 9.17) is 0 Å². The van der Waals surface area contributed by atoms with Crippen molar-refractivity contribution in [3.05, 3.63) is 65.7 Å². The molecule has 4 heteroatoms. The summed E-state index contributed by atoms with van der Waals surface area (Å²) in [6.45, 7) is 3.87. The average molecular weight is 353 g/mol. The molecule has 1 amide bonds. The van der Waals surface area contributed by atoms with E-state index in [1.54, 1.807) is 0 Å². The molecule has 25 heavy (non-hydrogen) atoms. The highest BCUT2D eigenvalue weighted by atomic mass is 32.2. The number of carbonyl (C=O) groups excluding carboxylic acids is 2. The summed E-state index contributed by atoms with van der Waals surface area (Å²) in [5.41, 5.74) is 1.44. The van der Waals surface area contributed by atoms with E-state index in [0.717, 1.165) is 30.0 Å². The molecule has 1 atom stereocenters. The standard InChI is InChI=1S/C21H23NO2S/c1-16-7-6-12-22(14-16)21(24)18-10-5-11-19(13-18)25-15-20(23)17-8-3-2-4-9-17/h2-5,8-11,13,16H,6-7,12,14-15H2,1H3. The Kier molecular flexibility index (Phi) is 5.92. The van der Waals surface area contributed by atoms with Gasteiger partial charge in [0, 0.05) is 29.1 Å². The first-order valence-electron chi connectivity index (χ1n) is 8.74. The van der Waals surface area contributed by atoms with E-state index in [9.17, 15) is 9.59 Å². The Hall–Kier alpha value is -2.07. The Labute approximate surface area is 153 Å². The molecule has 0 aliphatic carbocycles. The van der Waals surface area contributed by atoms with Crippen LogP contribution in [0.1, 0.15) is 40.5 Å². The molecule has 1 fully saturated rings. The number of thioether (sulfide) groups is 1. The molecule has 0 N–H and O–H groups in total. The summed E-state index contributed by atoms with van der Waals surface area (Å²) in [7, 11) is 0. The van der Waals surface area contributed by atoms with Crippen molar-refractivity contribution in [1.29, 1.82) is 0 Å². The highest BCUT2D eigenvalue weighted by Gasteiger charge is 2.22. The summed E-state index contributed by atoms with van der Waals surface area (Å²) in [6.07, 6.45) is 2.27. The minimum atomic E-state index is 0.100. The fraction of sp³-hybridized carbons (Fsp3) is 0.333. The first kappa shape index (κ1) is 17.7. The third-order valence-corrected chi connectivity index (χ3v) is 5.48. The van der Waals surface area contributed by atoms with E-state index >= 15 is 0 Å². The summed E-state index contributed by atoms with van der Waals surface area (Å²) in [5.74, 6) is 1.15. The predicted octanol–water partition coefficient (Wildman–Crippen LogP) is 4.53. The zero-order chi connectivity index (χ0) is 17.6. The number of nitrogens with zero attached hydrogens (tertiary/aromatic N) is 1. The third-order valence-electron chi connectivity index (χ3n) is 4.49. The summed E-state index contributed by atoms with van der Waals surface area (Å²) >= 11 is 1.48. The zero-order valence-corrected chi connectivity index (χ0v) is 15.3. The fourth-order valence-corrected chi connectivity index (χ4v) is 3.98. The molecule has 2 aromatic carbocycles. The van der Waals surface area contributed by atoms with Gasteiger partial charge in [-0.2, -0.15) is 0 Å². The number of likely N-dealkylation sites (tertiary alicyclic amines) is 1. The molecule has 130 valence electrons. The largest absolute Gasteiger partial charge is 0.338 e. The number of ketones is 1. The van der Waals surface area contributed by atoms with Crippen LogP contribution in [0.4, 0.5) is 0 Å². The van der Waals surface area contributed by atoms with E-state index < -0.39 is 0 Å². The van der Waals surface area contributed by atoms with Gasteiger partial charge in [-0.1, -0.05) is 43.3 Å². The number of benzene rings is 2. The second-order valence-corrected chi connectivity index (χ2v) is 7.65. The number of amides is 1. The SMILES string of the molecule is CC1CCCN(C(=O)c2cccc(SCC(=O)c3ccccc3)c2)C1. The Morgan fingerprint density at radius 3 is 2.60 bits per heavy atom. The number of rotatable bonds is 5. The second-order valence-electron chi connectivity index (χ2n) is 6.60. The molecule has 1 aliphatic heterocycles. The smallest absolute Gasteiger partial charge is 0.253 e. The number of hydrogen-bond acceptors (Lipinski definition) is 3. The van der Waals surface area contributed by atoms with Gasteiger partial charge in [-0.05, 0) is 37.0 Å². The number of hydrogen-bond donors (Lipinski definition) is 0. The minimum absolute atomic E-state index is 0.100. The normalized spacial score (nSPS) is 17.3. The molecule has 3 nitrogen and oxygen atoms in total. The Bertz CT molecular complexity index is 745. The lowest BCUT2D eigenvalue weighted by Gasteiger charge is -2.31. The van der Waals surface area contributed by atoms with Crippen molar-refractivity contribution >= 4 is 23.5 Å². The first-order chi connectivity index (χ1) is 12.1. The lowest BCUT2D eigenvalue weighted by atomic mass is 9.99. The van der Waals surface area contributed by atoms with Crippen molar-refractivity contribution in [2.75, 3.05) is 18.8 Å². The molecule has 3 rings (SSSR count). The van der Waals surface area contributed by atoms with Gasteiger partial charge in [0.25, 0.3) is 5.91 Å². The van der Waals surface area contributed by atoms with Crippen molar-refractivity contribution in [1.82, 2.24) is 4.90 Å². The Morgan fingerprint density at radius 2 is 1.84 bits per heavy atom. The van der Waals surface area contributed by atoms with Gasteiger partial charge in [0.15, 0.2) is 5.78 Å². The Morgan fingerprint density at radius 1 is 1.08 bits per heavy atom. The van der Waals surface area contributed by atoms with Gasteiger partial charge in [0.2, 0.25) is 0 Å². The van der Waals surface area contributed by atoms with E-state index in [2.05, 4.69) is 6.92 Å². The van der Waals surface area contributed by atoms with Crippen LogP contribution in [0.25, 0.3) is 0 Å². The van der Waals surface area contributed by atoms with Crippen molar-refractivity contribution in [3.63, 3.8) is 0 Å². The topological polar surface area (TPSA) is 37.4 Å². The van der Waals surface area contributed by atoms with Crippen LogP contribution in [0.5, 0.6) is 0 Å². The summed E-state index contributed by atoms with van der Waals surface area (Å²) in [5, 5.41) is 0. The van der Waals surface area contributed by atoms with Gasteiger partial charge in [0.1, 0.15) is 0 Å². The maximum absolute atomic E-state index is 12.7. The average Bonchev–Trinajstić information content (AvgIpc) is 2.66. The third kappa shape index (κ3) is 4.73. The van der Waals surface area contributed by atoms with Crippen LogP contribution in [-0.2, 0) is 0 Å². The van der Waals surface area contributed by atoms with Gasteiger partial charge >= 0.3 is 0 Å². The quantitative estimate of drug-likeness (QED) is 0.585. The van der Waals surface area contributed by atoms with Crippen LogP contribution in [0.3, 0.4) is 0 Å². The van der Waals surface area contributed by atoms with E-state index in [0.29, 0.717) is 17.2 Å². The molecule has 1 aliphatic rings. The van der Waals surface area contributed by atoms with Crippen LogP contribution < -0.4 is 0 Å². The summed E-state index contributed by atoms with van der Waals surface area (Å²) in [4.78, 5) is 27.8. The number of carbonyl (C=O) groups is 2. The molecule has 2 aromatic rings. The van der Waals surface area contributed by atoms with Gasteiger partial charge in [-0.25, -0.2) is 0 Å². The molecule has 1 heterocycles. The molecular formula is C21H23NO2S. The monoisotopic (exact) mass is 353 g/mol. The van der Waals surface area contributed by atoms with Crippen molar-refractivity contribution in [2.45, 2.75) is 24.7 Å². The molecular weight excluding hydrogens is 330 g/mol. The predicted molar refractivity (Wildman–Crippen MR) is 102 cm³/mol. The highest BCUT2D eigenvalue weighted by molar-refractivity contribution is 8.00. The number of piperidine rings is 1. The van der Waals surface area contributed by atoms with Crippen molar-refractivity contribution < 1.29 is 9.59 Å². The minimum Gasteiger partial charge on any atom is -0.338 e. The maximum Gasteiger partial charge on any atom is 0.253 e. The molecule has 0 bridgehead atoms. The van der Waals surface area contributed by atoms with Gasteiger partial charge in [0.05, 0.1) is 5.75 Å². The van der Waals surface area contributed by atoms with Crippen LogP contribution in [0, 0.1) is 5.92 Å². The van der Waals surface area contributed by atoms with E-state index in [1.807, 2.05) is 59.5 Å². The Balaban J connectivity index is 1.63. The van der Waals surface area contributed by atoms with Gasteiger partial charge < -0.3 is 4.90 Å². The van der Waals surface area contributed by atoms with Crippen molar-refractivity contribution in [3.8, 4) is 0 Å². The van der Waals surface area contributed by atoms with Gasteiger partial charge in [-0.3, -0.25) is 9.59 Å². The maximum atomic E-state index is 12.7. The van der Waals surface area contributed by atoms with Crippen LogP contribution in [0.2, 0.25) is 0 Å². The molecule has 1 saturated heterocycles. The number of Topliss-reactive ketones (excluding diaryl/α,β-unsaturated/α-hetero) is 1. The molecule has 0 spiro atoms. The van der Waals surface area contributed by atoms with Crippen molar-refractivity contribution in [2.24, 2.45) is 5.92 Å². The zero-order valence-electron chi connectivity index (χ0n) is 14.5. The summed E-state index contributed by atoms with van der Waals surface area (Å²) in [6, 6.07) is 16.9. The second kappa shape index (κ2) is 8.34. The fourth-order valence-electron chi connectivity index (χ4n) is 3.13. The van der Waals surface area contributed by atoms with E-state index in [-0.39, 0.29) is 11.7 Å². The molecule has 0 radical (unpaired) electrons. The molecule has 1 unspecified atom stereocenters. The lowest BCUT2D eigenvalue weighted by Crippen LogP contribution is -2.39. The van der Waals surface area contributed by atoms with Crippen LogP contribution in [0.15, 0.2) is 59.5 Å². The lowest BCUT2D eigenvalue weighted by molar-refractivity contribution is 0.0682. The summed E-state index contributed by atoms with van der Waals surface area (Å²) < 4.78 is 0. The molecule has 0 aromatic heterocycles. The van der Waals surface area contributed by atoms with Crippen LogP contribution in [-0.4, -0.2) is 35.4 Å².